The van der Waals surface area contributed by atoms with Crippen molar-refractivity contribution in [3.8, 4) is 0 Å². The van der Waals surface area contributed by atoms with Gasteiger partial charge in [-0.05, 0) is 6.07 Å². The number of hydrogen-bond acceptors (Lipinski definition) is 0. The van der Waals surface area contributed by atoms with E-state index in [1.54, 1.807) is 13.2 Å². The highest BCUT2D eigenvalue weighted by atomic mass is 127. The van der Waals surface area contributed by atoms with Crippen molar-refractivity contribution in [3.05, 3.63) is 30.1 Å². The van der Waals surface area contributed by atoms with Crippen molar-refractivity contribution >= 4 is 0 Å². The van der Waals surface area contributed by atoms with E-state index in [4.69, 9.17) is 0 Å². The molecule has 0 saturated carbocycles. The molecule has 0 saturated heterocycles. The molecule has 12 heavy (non-hydrogen) atoms. The Morgan fingerprint density at radius 1 is 1.33 bits per heavy atom. The van der Waals surface area contributed by atoms with E-state index >= 15 is 0 Å². The maximum atomic E-state index is 12.0. The highest BCUT2D eigenvalue weighted by Gasteiger charge is 2.32. The van der Waals surface area contributed by atoms with Gasteiger partial charge in [0.15, 0.2) is 12.4 Å². The van der Waals surface area contributed by atoms with Crippen LogP contribution < -0.4 is 28.5 Å². The number of aryl methyl sites for hydroxylation is 1. The van der Waals surface area contributed by atoms with E-state index in [9.17, 15) is 13.2 Å². The summed E-state index contributed by atoms with van der Waals surface area (Å²) in [6.07, 6.45) is -1.64. The molecule has 68 valence electrons. The Labute approximate surface area is 85.2 Å². The molecular weight excluding hydrogens is 282 g/mol. The summed E-state index contributed by atoms with van der Waals surface area (Å²) in [4.78, 5) is 0. The summed E-state index contributed by atoms with van der Waals surface area (Å²) in [5.74, 6) is 0. The van der Waals surface area contributed by atoms with E-state index in [1.807, 2.05) is 0 Å². The predicted molar refractivity (Wildman–Crippen MR) is 32.6 cm³/mol. The molecule has 0 amide bonds. The predicted octanol–water partition coefficient (Wildman–Crippen LogP) is -1.47. The lowest BCUT2D eigenvalue weighted by Crippen LogP contribution is -3.00. The van der Waals surface area contributed by atoms with Crippen LogP contribution in [0.4, 0.5) is 13.2 Å². The molecule has 0 aliphatic rings. The second-order valence-corrected chi connectivity index (χ2v) is 2.26. The largest absolute Gasteiger partial charge is 1.00 e. The fraction of sp³-hybridized carbons (Fsp3) is 0.286. The number of aromatic nitrogens is 1. The lowest BCUT2D eigenvalue weighted by molar-refractivity contribution is -0.672. The van der Waals surface area contributed by atoms with Gasteiger partial charge in [-0.2, -0.15) is 13.2 Å². The van der Waals surface area contributed by atoms with Gasteiger partial charge in [-0.1, -0.05) is 0 Å². The Hall–Kier alpha value is -0.330. The van der Waals surface area contributed by atoms with Crippen molar-refractivity contribution in [2.45, 2.75) is 6.18 Å². The second kappa shape index (κ2) is 4.06. The lowest BCUT2D eigenvalue weighted by Gasteiger charge is -2.02. The quantitative estimate of drug-likeness (QED) is 0.406. The minimum Gasteiger partial charge on any atom is -1.00 e. The Balaban J connectivity index is 0.00000121. The average molecular weight is 289 g/mol. The van der Waals surface area contributed by atoms with Gasteiger partial charge in [0.25, 0.3) is 0 Å². The Morgan fingerprint density at radius 3 is 2.25 bits per heavy atom. The first-order chi connectivity index (χ1) is 5.00. The molecule has 0 unspecified atom stereocenters. The summed E-state index contributed by atoms with van der Waals surface area (Å²) in [6, 6.07) is 2.41. The van der Waals surface area contributed by atoms with Crippen molar-refractivity contribution in [1.29, 1.82) is 0 Å². The zero-order valence-corrected chi connectivity index (χ0v) is 8.43. The van der Waals surface area contributed by atoms with Crippen LogP contribution in [0.5, 0.6) is 0 Å². The van der Waals surface area contributed by atoms with E-state index in [0.717, 1.165) is 12.3 Å². The maximum Gasteiger partial charge on any atom is 0.422 e. The van der Waals surface area contributed by atoms with Gasteiger partial charge in [-0.3, -0.25) is 0 Å². The molecule has 1 aromatic heterocycles. The Kier molecular flexibility index (Phi) is 3.95. The van der Waals surface area contributed by atoms with E-state index in [0.29, 0.717) is 0 Å². The first-order valence-electron chi connectivity index (χ1n) is 3.02. The third-order valence-corrected chi connectivity index (χ3v) is 1.27. The molecule has 1 heterocycles. The normalized spacial score (nSPS) is 10.7. The first-order valence-corrected chi connectivity index (χ1v) is 3.02. The number of nitrogens with zero attached hydrogens (tertiary/aromatic N) is 1. The summed E-state index contributed by atoms with van der Waals surface area (Å²) >= 11 is 0. The van der Waals surface area contributed by atoms with E-state index in [1.165, 1.54) is 10.6 Å². The molecule has 0 bridgehead atoms. The smallest absolute Gasteiger partial charge is 0.422 e. The van der Waals surface area contributed by atoms with Gasteiger partial charge in [-0.25, -0.2) is 4.57 Å². The van der Waals surface area contributed by atoms with Crippen LogP contribution in [0.3, 0.4) is 0 Å². The summed E-state index contributed by atoms with van der Waals surface area (Å²) in [5, 5.41) is 0. The number of hydrogen-bond donors (Lipinski definition) is 0. The van der Waals surface area contributed by atoms with Gasteiger partial charge in [0.2, 0.25) is 0 Å². The van der Waals surface area contributed by atoms with Crippen LogP contribution in [-0.2, 0) is 13.2 Å². The molecule has 0 N–H and O–H groups in total. The summed E-state index contributed by atoms with van der Waals surface area (Å²) in [5.41, 5.74) is -0.623. The van der Waals surface area contributed by atoms with Gasteiger partial charge in [-0.15, -0.1) is 0 Å². The van der Waals surface area contributed by atoms with Gasteiger partial charge >= 0.3 is 6.18 Å². The first kappa shape index (κ1) is 11.7. The van der Waals surface area contributed by atoms with Crippen LogP contribution in [0, 0.1) is 0 Å². The van der Waals surface area contributed by atoms with Crippen molar-refractivity contribution in [3.63, 3.8) is 0 Å². The van der Waals surface area contributed by atoms with Crippen molar-refractivity contribution < 1.29 is 41.7 Å². The van der Waals surface area contributed by atoms with Crippen LogP contribution in [0.25, 0.3) is 0 Å². The fourth-order valence-electron chi connectivity index (χ4n) is 0.756. The Morgan fingerprint density at radius 2 is 1.92 bits per heavy atom. The summed E-state index contributed by atoms with van der Waals surface area (Å²) < 4.78 is 37.2. The lowest BCUT2D eigenvalue weighted by atomic mass is 10.3. The van der Waals surface area contributed by atoms with E-state index in [-0.39, 0.29) is 24.0 Å². The molecule has 0 atom stereocenters. The highest BCUT2D eigenvalue weighted by molar-refractivity contribution is 5.09. The molecule has 0 aliphatic heterocycles. The SMILES string of the molecule is C[n+]1cccc(C(F)(F)F)c1.[I-]. The number of alkyl halides is 3. The van der Waals surface area contributed by atoms with E-state index < -0.39 is 11.7 Å². The molecule has 1 aromatic rings. The molecule has 0 radical (unpaired) electrons. The van der Waals surface area contributed by atoms with Crippen LogP contribution >= 0.6 is 0 Å². The van der Waals surface area contributed by atoms with Crippen molar-refractivity contribution in [2.75, 3.05) is 0 Å². The topological polar surface area (TPSA) is 3.88 Å². The fourth-order valence-corrected chi connectivity index (χ4v) is 0.756. The average Bonchev–Trinajstić information content (AvgIpc) is 1.86. The second-order valence-electron chi connectivity index (χ2n) is 2.26. The number of pyridine rings is 1. The van der Waals surface area contributed by atoms with Gasteiger partial charge < -0.3 is 24.0 Å². The molecule has 0 aromatic carbocycles. The van der Waals surface area contributed by atoms with E-state index in [2.05, 4.69) is 0 Å². The zero-order chi connectivity index (χ0) is 8.48. The standard InChI is InChI=1S/C7H7F3N.HI/c1-11-4-2-3-6(5-11)7(8,9)10;/h2-5H,1H3;1H/q+1;/p-1. The number of rotatable bonds is 0. The molecule has 5 heteroatoms. The molecule has 0 aliphatic carbocycles. The van der Waals surface area contributed by atoms with Crippen LogP contribution in [0.1, 0.15) is 5.56 Å². The van der Waals surface area contributed by atoms with Crippen LogP contribution in [0.15, 0.2) is 24.5 Å². The molecule has 1 rings (SSSR count). The molecule has 0 spiro atoms. The van der Waals surface area contributed by atoms with Gasteiger partial charge in [0.1, 0.15) is 12.6 Å². The highest BCUT2D eigenvalue weighted by Crippen LogP contribution is 2.27. The monoisotopic (exact) mass is 289 g/mol. The Bertz CT molecular complexity index is 259. The molecule has 0 fully saturated rings. The third kappa shape index (κ3) is 2.96. The summed E-state index contributed by atoms with van der Waals surface area (Å²) in [6.45, 7) is 0. The van der Waals surface area contributed by atoms with Gasteiger partial charge in [0, 0.05) is 6.07 Å². The number of halogens is 4. The summed E-state index contributed by atoms with van der Waals surface area (Å²) in [7, 11) is 1.55. The maximum absolute atomic E-state index is 12.0. The van der Waals surface area contributed by atoms with Crippen molar-refractivity contribution in [2.24, 2.45) is 7.05 Å². The molecule has 1 nitrogen and oxygen atoms in total. The van der Waals surface area contributed by atoms with Crippen LogP contribution in [0.2, 0.25) is 0 Å². The van der Waals surface area contributed by atoms with Gasteiger partial charge in [0.05, 0.1) is 0 Å². The third-order valence-electron chi connectivity index (χ3n) is 1.27. The molecular formula is C7H7F3IN. The minimum absolute atomic E-state index is 0. The van der Waals surface area contributed by atoms with Crippen LogP contribution in [-0.4, -0.2) is 0 Å². The zero-order valence-electron chi connectivity index (χ0n) is 6.27. The minimum atomic E-state index is -4.24. The van der Waals surface area contributed by atoms with Crippen molar-refractivity contribution in [1.82, 2.24) is 0 Å².